The number of methoxy groups -OCH3 is 1. The van der Waals surface area contributed by atoms with E-state index in [-0.39, 0.29) is 24.2 Å². The van der Waals surface area contributed by atoms with Crippen molar-refractivity contribution in [3.63, 3.8) is 0 Å². The monoisotopic (exact) mass is 370 g/mol. The summed E-state index contributed by atoms with van der Waals surface area (Å²) < 4.78 is 18.3. The lowest BCUT2D eigenvalue weighted by molar-refractivity contribution is -0.121. The summed E-state index contributed by atoms with van der Waals surface area (Å²) in [4.78, 5) is 21.3. The highest BCUT2D eigenvalue weighted by Gasteiger charge is 2.19. The summed E-state index contributed by atoms with van der Waals surface area (Å²) in [5.41, 5.74) is 3.53. The Morgan fingerprint density at radius 3 is 2.81 bits per heavy atom. The van der Waals surface area contributed by atoms with Gasteiger partial charge in [0.2, 0.25) is 5.91 Å². The number of nitrogens with zero attached hydrogens (tertiary/aromatic N) is 2. The molecule has 0 unspecified atom stereocenters. The van der Waals surface area contributed by atoms with Gasteiger partial charge in [0.1, 0.15) is 11.7 Å². The Balaban J connectivity index is 1.65. The van der Waals surface area contributed by atoms with Gasteiger partial charge in [-0.25, -0.2) is 4.39 Å². The smallest absolute Gasteiger partial charge is 0.226 e. The Morgan fingerprint density at radius 2 is 2.11 bits per heavy atom. The highest BCUT2D eigenvalue weighted by molar-refractivity contribution is 6.01. The Morgan fingerprint density at radius 1 is 1.33 bits per heavy atom. The number of ether oxygens (including phenoxy) is 1. The standard InChI is InChI=1S/C20H23FN4O2/c1-3-22-20-17-11-23-16(8-14(17)10-24-20)9-19(26)25-18(12-27-2)13-4-6-15(21)7-5-13/h4-8,11,18H,3,9-10,12H2,1-2H3,(H,22,24)(H,25,26)/t18-/m0/s1. The highest BCUT2D eigenvalue weighted by Crippen LogP contribution is 2.19. The summed E-state index contributed by atoms with van der Waals surface area (Å²) in [5, 5.41) is 6.14. The number of halogens is 1. The fourth-order valence-corrected chi connectivity index (χ4v) is 3.05. The van der Waals surface area contributed by atoms with E-state index in [1.165, 1.54) is 12.1 Å². The molecule has 1 atom stereocenters. The minimum Gasteiger partial charge on any atom is -0.382 e. The van der Waals surface area contributed by atoms with Gasteiger partial charge in [-0.3, -0.25) is 14.8 Å². The first kappa shape index (κ1) is 19.0. The van der Waals surface area contributed by atoms with E-state index in [9.17, 15) is 9.18 Å². The second-order valence-corrected chi connectivity index (χ2v) is 6.33. The molecule has 0 saturated heterocycles. The van der Waals surface area contributed by atoms with Crippen LogP contribution in [0.5, 0.6) is 0 Å². The molecule has 1 amide bonds. The molecule has 0 fully saturated rings. The largest absolute Gasteiger partial charge is 0.382 e. The highest BCUT2D eigenvalue weighted by atomic mass is 19.1. The van der Waals surface area contributed by atoms with Gasteiger partial charge in [-0.05, 0) is 36.2 Å². The third-order valence-corrected chi connectivity index (χ3v) is 4.34. The van der Waals surface area contributed by atoms with Gasteiger partial charge >= 0.3 is 0 Å². The van der Waals surface area contributed by atoms with Crippen molar-refractivity contribution in [2.75, 3.05) is 20.3 Å². The van der Waals surface area contributed by atoms with Gasteiger partial charge in [0, 0.05) is 25.4 Å². The molecule has 142 valence electrons. The number of nitrogens with one attached hydrogen (secondary N) is 2. The molecule has 2 N–H and O–H groups in total. The molecule has 0 radical (unpaired) electrons. The van der Waals surface area contributed by atoms with E-state index < -0.39 is 0 Å². The van der Waals surface area contributed by atoms with Crippen molar-refractivity contribution in [3.05, 3.63) is 64.7 Å². The molecule has 7 heteroatoms. The summed E-state index contributed by atoms with van der Waals surface area (Å²) in [6, 6.07) is 7.61. The number of aromatic nitrogens is 1. The lowest BCUT2D eigenvalue weighted by Crippen LogP contribution is -2.32. The Hall–Kier alpha value is -2.80. The summed E-state index contributed by atoms with van der Waals surface area (Å²) in [6.07, 6.45) is 1.92. The third-order valence-electron chi connectivity index (χ3n) is 4.34. The molecule has 2 aromatic rings. The van der Waals surface area contributed by atoms with Crippen molar-refractivity contribution >= 4 is 11.7 Å². The van der Waals surface area contributed by atoms with Crippen LogP contribution in [0.2, 0.25) is 0 Å². The molecule has 3 rings (SSSR count). The van der Waals surface area contributed by atoms with Crippen LogP contribution in [0.1, 0.15) is 35.3 Å². The van der Waals surface area contributed by atoms with E-state index in [0.29, 0.717) is 18.8 Å². The molecule has 6 nitrogen and oxygen atoms in total. The molecular weight excluding hydrogens is 347 g/mol. The number of amidine groups is 1. The number of hydrogen-bond donors (Lipinski definition) is 2. The maximum absolute atomic E-state index is 13.1. The lowest BCUT2D eigenvalue weighted by atomic mass is 10.1. The molecule has 1 aromatic heterocycles. The molecular formula is C20H23FN4O2. The number of pyridine rings is 1. The van der Waals surface area contributed by atoms with Gasteiger partial charge in [0.05, 0.1) is 31.3 Å². The van der Waals surface area contributed by atoms with Crippen LogP contribution in [-0.2, 0) is 22.5 Å². The molecule has 1 aliphatic rings. The molecule has 0 aliphatic carbocycles. The first-order valence-electron chi connectivity index (χ1n) is 8.91. The van der Waals surface area contributed by atoms with Crippen molar-refractivity contribution in [1.29, 1.82) is 0 Å². The average Bonchev–Trinajstić information content (AvgIpc) is 3.04. The van der Waals surface area contributed by atoms with Crippen molar-refractivity contribution in [1.82, 2.24) is 15.6 Å². The molecule has 2 heterocycles. The van der Waals surface area contributed by atoms with Crippen molar-refractivity contribution in [2.45, 2.75) is 25.9 Å². The maximum Gasteiger partial charge on any atom is 0.226 e. The van der Waals surface area contributed by atoms with Gasteiger partial charge in [-0.2, -0.15) is 0 Å². The first-order valence-corrected chi connectivity index (χ1v) is 8.91. The second kappa shape index (κ2) is 8.73. The predicted octanol–water partition coefficient (Wildman–Crippen LogP) is 2.14. The zero-order chi connectivity index (χ0) is 19.2. The Kier molecular flexibility index (Phi) is 6.13. The molecule has 0 bridgehead atoms. The quantitative estimate of drug-likeness (QED) is 0.783. The van der Waals surface area contributed by atoms with Gasteiger partial charge in [-0.1, -0.05) is 12.1 Å². The lowest BCUT2D eigenvalue weighted by Gasteiger charge is -2.18. The summed E-state index contributed by atoms with van der Waals surface area (Å²) in [6.45, 7) is 3.71. The molecule has 1 aromatic carbocycles. The molecule has 1 aliphatic heterocycles. The molecule has 0 spiro atoms. The van der Waals surface area contributed by atoms with Crippen LogP contribution in [0.25, 0.3) is 0 Å². The average molecular weight is 370 g/mol. The van der Waals surface area contributed by atoms with Crippen molar-refractivity contribution < 1.29 is 13.9 Å². The molecule has 27 heavy (non-hydrogen) atoms. The number of rotatable bonds is 7. The van der Waals surface area contributed by atoms with E-state index in [1.54, 1.807) is 25.4 Å². The summed E-state index contributed by atoms with van der Waals surface area (Å²) in [7, 11) is 1.56. The zero-order valence-electron chi connectivity index (χ0n) is 15.5. The van der Waals surface area contributed by atoms with Gasteiger partial charge < -0.3 is 15.4 Å². The Bertz CT molecular complexity index is 836. The van der Waals surface area contributed by atoms with Crippen LogP contribution < -0.4 is 10.6 Å². The number of amides is 1. The number of aliphatic imine (C=N–C) groups is 1. The predicted molar refractivity (Wildman–Crippen MR) is 101 cm³/mol. The van der Waals surface area contributed by atoms with E-state index in [1.807, 2.05) is 13.0 Å². The number of hydrogen-bond acceptors (Lipinski definition) is 5. The van der Waals surface area contributed by atoms with Crippen LogP contribution in [0, 0.1) is 5.82 Å². The van der Waals surface area contributed by atoms with E-state index >= 15 is 0 Å². The van der Waals surface area contributed by atoms with Crippen LogP contribution in [0.4, 0.5) is 4.39 Å². The SMILES string of the molecule is CCNC1=NCc2cc(CC(=O)N[C@@H](COC)c3ccc(F)cc3)ncc21. The fraction of sp³-hybridized carbons (Fsp3) is 0.350. The summed E-state index contributed by atoms with van der Waals surface area (Å²) >= 11 is 0. The van der Waals surface area contributed by atoms with E-state index in [0.717, 1.165) is 29.1 Å². The second-order valence-electron chi connectivity index (χ2n) is 6.33. The topological polar surface area (TPSA) is 75.6 Å². The van der Waals surface area contributed by atoms with Crippen LogP contribution in [0.3, 0.4) is 0 Å². The first-order chi connectivity index (χ1) is 13.1. The van der Waals surface area contributed by atoms with Gasteiger partial charge in [-0.15, -0.1) is 0 Å². The maximum atomic E-state index is 13.1. The van der Waals surface area contributed by atoms with Gasteiger partial charge in [0.15, 0.2) is 0 Å². The van der Waals surface area contributed by atoms with Crippen molar-refractivity contribution in [2.24, 2.45) is 4.99 Å². The number of carbonyl (C=O) groups excluding carboxylic acids is 1. The minimum absolute atomic E-state index is 0.158. The number of carbonyl (C=O) groups is 1. The van der Waals surface area contributed by atoms with E-state index in [2.05, 4.69) is 20.6 Å². The van der Waals surface area contributed by atoms with Crippen LogP contribution >= 0.6 is 0 Å². The molecule has 0 saturated carbocycles. The summed E-state index contributed by atoms with van der Waals surface area (Å²) in [5.74, 6) is 0.370. The number of fused-ring (bicyclic) bond motifs is 1. The third kappa shape index (κ3) is 4.68. The van der Waals surface area contributed by atoms with Crippen molar-refractivity contribution in [3.8, 4) is 0 Å². The normalized spacial score (nSPS) is 13.7. The number of benzene rings is 1. The zero-order valence-corrected chi connectivity index (χ0v) is 15.5. The van der Waals surface area contributed by atoms with Crippen LogP contribution in [-0.4, -0.2) is 37.0 Å². The van der Waals surface area contributed by atoms with Gasteiger partial charge in [0.25, 0.3) is 0 Å². The Labute approximate surface area is 157 Å². The van der Waals surface area contributed by atoms with E-state index in [4.69, 9.17) is 4.74 Å². The van der Waals surface area contributed by atoms with Crippen LogP contribution in [0.15, 0.2) is 41.5 Å². The fourth-order valence-electron chi connectivity index (χ4n) is 3.05. The minimum atomic E-state index is -0.346.